The number of rotatable bonds is 3. The molecule has 0 spiro atoms. The fraction of sp³-hybridized carbons (Fsp3) is 0.692. The van der Waals surface area contributed by atoms with E-state index in [4.69, 9.17) is 5.73 Å². The molecule has 4 heteroatoms. The molecule has 1 aliphatic rings. The molecule has 1 atom stereocenters. The van der Waals surface area contributed by atoms with Crippen molar-refractivity contribution in [3.8, 4) is 0 Å². The van der Waals surface area contributed by atoms with Crippen LogP contribution in [0.1, 0.15) is 74.0 Å². The lowest BCUT2D eigenvalue weighted by Crippen LogP contribution is -2.22. The molecule has 1 amide bonds. The van der Waals surface area contributed by atoms with Crippen LogP contribution in [0.4, 0.5) is 0 Å². The van der Waals surface area contributed by atoms with Gasteiger partial charge in [0.1, 0.15) is 11.5 Å². The Balaban J connectivity index is 2.59. The van der Waals surface area contributed by atoms with Crippen LogP contribution < -0.4 is 5.73 Å². The molecule has 0 aromatic carbocycles. The van der Waals surface area contributed by atoms with Gasteiger partial charge in [0.15, 0.2) is 0 Å². The molecule has 0 radical (unpaired) electrons. The number of imidazole rings is 1. The molecular weight excluding hydrogens is 214 g/mol. The third-order valence-corrected chi connectivity index (χ3v) is 3.57. The predicted octanol–water partition coefficient (Wildman–Crippen LogP) is 2.39. The Morgan fingerprint density at radius 3 is 2.82 bits per heavy atom. The zero-order valence-electron chi connectivity index (χ0n) is 10.9. The first kappa shape index (κ1) is 12.1. The molecule has 0 fully saturated rings. The highest BCUT2D eigenvalue weighted by molar-refractivity contribution is 5.92. The van der Waals surface area contributed by atoms with E-state index in [0.29, 0.717) is 17.7 Å². The summed E-state index contributed by atoms with van der Waals surface area (Å²) < 4.78 is 2.27. The number of aromatic nitrogens is 2. The van der Waals surface area contributed by atoms with Gasteiger partial charge >= 0.3 is 0 Å². The first-order chi connectivity index (χ1) is 8.06. The Morgan fingerprint density at radius 1 is 1.59 bits per heavy atom. The number of hydrogen-bond acceptors (Lipinski definition) is 2. The zero-order valence-corrected chi connectivity index (χ0v) is 10.9. The lowest BCUT2D eigenvalue weighted by molar-refractivity contribution is 0.0994. The standard InChI is InChI=1S/C13H21N3O/c1-4-9-6-5-7-10-11(12(14)17)15-13(8(2)3)16(9)10/h8-9H,4-7H2,1-3H3,(H2,14,17). The van der Waals surface area contributed by atoms with Gasteiger partial charge in [0.05, 0.1) is 5.69 Å². The minimum atomic E-state index is -0.391. The zero-order chi connectivity index (χ0) is 12.6. The van der Waals surface area contributed by atoms with Crippen LogP contribution in [0, 0.1) is 0 Å². The highest BCUT2D eigenvalue weighted by Gasteiger charge is 2.28. The molecule has 17 heavy (non-hydrogen) atoms. The van der Waals surface area contributed by atoms with Gasteiger partial charge in [-0.25, -0.2) is 4.98 Å². The molecule has 1 unspecified atom stereocenters. The van der Waals surface area contributed by atoms with Gasteiger partial charge in [-0.1, -0.05) is 20.8 Å². The van der Waals surface area contributed by atoms with Crippen LogP contribution in [-0.4, -0.2) is 15.5 Å². The van der Waals surface area contributed by atoms with Crippen LogP contribution in [0.15, 0.2) is 0 Å². The highest BCUT2D eigenvalue weighted by Crippen LogP contribution is 2.33. The van der Waals surface area contributed by atoms with E-state index in [1.54, 1.807) is 0 Å². The van der Waals surface area contributed by atoms with Crippen LogP contribution in [-0.2, 0) is 6.42 Å². The van der Waals surface area contributed by atoms with Gasteiger partial charge in [0.25, 0.3) is 5.91 Å². The number of fused-ring (bicyclic) bond motifs is 1. The predicted molar refractivity (Wildman–Crippen MR) is 67.1 cm³/mol. The molecule has 2 heterocycles. The molecule has 1 aromatic rings. The second-order valence-corrected chi connectivity index (χ2v) is 5.11. The largest absolute Gasteiger partial charge is 0.364 e. The smallest absolute Gasteiger partial charge is 0.269 e. The van der Waals surface area contributed by atoms with E-state index in [1.807, 2.05) is 0 Å². The molecule has 0 saturated heterocycles. The summed E-state index contributed by atoms with van der Waals surface area (Å²) in [4.78, 5) is 15.9. The third kappa shape index (κ3) is 1.96. The third-order valence-electron chi connectivity index (χ3n) is 3.57. The fourth-order valence-electron chi connectivity index (χ4n) is 2.76. The molecular formula is C13H21N3O. The van der Waals surface area contributed by atoms with Gasteiger partial charge in [-0.05, 0) is 25.7 Å². The monoisotopic (exact) mass is 235 g/mol. The van der Waals surface area contributed by atoms with Crippen LogP contribution in [0.25, 0.3) is 0 Å². The molecule has 0 bridgehead atoms. The van der Waals surface area contributed by atoms with Crippen LogP contribution in [0.3, 0.4) is 0 Å². The number of hydrogen-bond donors (Lipinski definition) is 1. The number of amides is 1. The molecule has 0 aliphatic carbocycles. The van der Waals surface area contributed by atoms with E-state index in [9.17, 15) is 4.79 Å². The summed E-state index contributed by atoms with van der Waals surface area (Å²) >= 11 is 0. The maximum atomic E-state index is 11.5. The van der Waals surface area contributed by atoms with Crippen molar-refractivity contribution >= 4 is 5.91 Å². The molecule has 0 saturated carbocycles. The summed E-state index contributed by atoms with van der Waals surface area (Å²) in [5.41, 5.74) is 6.97. The van der Waals surface area contributed by atoms with Crippen molar-refractivity contribution in [2.45, 2.75) is 58.4 Å². The number of carbonyl (C=O) groups excluding carboxylic acids is 1. The van der Waals surface area contributed by atoms with Gasteiger partial charge in [-0.3, -0.25) is 4.79 Å². The lowest BCUT2D eigenvalue weighted by atomic mass is 9.99. The molecule has 2 N–H and O–H groups in total. The second-order valence-electron chi connectivity index (χ2n) is 5.11. The van der Waals surface area contributed by atoms with Gasteiger partial charge in [0.2, 0.25) is 0 Å². The minimum absolute atomic E-state index is 0.328. The van der Waals surface area contributed by atoms with Crippen LogP contribution >= 0.6 is 0 Å². The summed E-state index contributed by atoms with van der Waals surface area (Å²) in [6, 6.07) is 0.483. The Hall–Kier alpha value is -1.32. The van der Waals surface area contributed by atoms with Gasteiger partial charge in [-0.2, -0.15) is 0 Å². The van der Waals surface area contributed by atoms with E-state index in [-0.39, 0.29) is 0 Å². The Bertz CT molecular complexity index is 434. The number of nitrogens with zero attached hydrogens (tertiary/aromatic N) is 2. The normalized spacial score (nSPS) is 19.4. The average molecular weight is 235 g/mol. The van der Waals surface area contributed by atoms with Crippen molar-refractivity contribution in [2.75, 3.05) is 0 Å². The average Bonchev–Trinajstić information content (AvgIpc) is 2.68. The molecule has 4 nitrogen and oxygen atoms in total. The second kappa shape index (κ2) is 4.51. The fourth-order valence-corrected chi connectivity index (χ4v) is 2.76. The van der Waals surface area contributed by atoms with E-state index in [2.05, 4.69) is 30.3 Å². The first-order valence-corrected chi connectivity index (χ1v) is 6.47. The van der Waals surface area contributed by atoms with Gasteiger partial charge < -0.3 is 10.3 Å². The van der Waals surface area contributed by atoms with Crippen molar-refractivity contribution in [1.29, 1.82) is 0 Å². The first-order valence-electron chi connectivity index (χ1n) is 6.47. The van der Waals surface area contributed by atoms with Crippen molar-refractivity contribution in [2.24, 2.45) is 5.73 Å². The summed E-state index contributed by atoms with van der Waals surface area (Å²) in [5.74, 6) is 0.951. The maximum absolute atomic E-state index is 11.5. The van der Waals surface area contributed by atoms with Crippen molar-refractivity contribution in [3.05, 3.63) is 17.2 Å². The van der Waals surface area contributed by atoms with Gasteiger partial charge in [0, 0.05) is 12.0 Å². The van der Waals surface area contributed by atoms with Gasteiger partial charge in [-0.15, -0.1) is 0 Å². The summed E-state index contributed by atoms with van der Waals surface area (Å²) in [6.07, 6.45) is 4.32. The molecule has 94 valence electrons. The summed E-state index contributed by atoms with van der Waals surface area (Å²) in [7, 11) is 0. The van der Waals surface area contributed by atoms with Crippen LogP contribution in [0.5, 0.6) is 0 Å². The Labute approximate surface area is 102 Å². The van der Waals surface area contributed by atoms with Crippen molar-refractivity contribution < 1.29 is 4.79 Å². The SMILES string of the molecule is CCC1CCCc2c(C(N)=O)nc(C(C)C)n21. The van der Waals surface area contributed by atoms with Crippen molar-refractivity contribution in [3.63, 3.8) is 0 Å². The molecule has 1 aliphatic heterocycles. The molecule has 2 rings (SSSR count). The van der Waals surface area contributed by atoms with E-state index < -0.39 is 5.91 Å². The number of carbonyl (C=O) groups is 1. The number of nitrogens with two attached hydrogens (primary N) is 1. The topological polar surface area (TPSA) is 60.9 Å². The molecule has 1 aromatic heterocycles. The highest BCUT2D eigenvalue weighted by atomic mass is 16.1. The number of primary amides is 1. The summed E-state index contributed by atoms with van der Waals surface area (Å²) in [5, 5.41) is 0. The quantitative estimate of drug-likeness (QED) is 0.874. The maximum Gasteiger partial charge on any atom is 0.269 e. The van der Waals surface area contributed by atoms with E-state index in [0.717, 1.165) is 30.8 Å². The van der Waals surface area contributed by atoms with E-state index >= 15 is 0 Å². The lowest BCUT2D eigenvalue weighted by Gasteiger charge is -2.27. The summed E-state index contributed by atoms with van der Waals surface area (Å²) in [6.45, 7) is 6.41. The van der Waals surface area contributed by atoms with Crippen molar-refractivity contribution in [1.82, 2.24) is 9.55 Å². The Kier molecular flexibility index (Phi) is 3.22. The van der Waals surface area contributed by atoms with Crippen LogP contribution in [0.2, 0.25) is 0 Å². The minimum Gasteiger partial charge on any atom is -0.364 e. The Morgan fingerprint density at radius 2 is 2.29 bits per heavy atom. The van der Waals surface area contributed by atoms with E-state index in [1.165, 1.54) is 6.42 Å².